The molecular weight excluding hydrogens is 288 g/mol. The summed E-state index contributed by atoms with van der Waals surface area (Å²) in [7, 11) is 1.85. The first-order valence-corrected chi connectivity index (χ1v) is 7.35. The Labute approximate surface area is 109 Å². The van der Waals surface area contributed by atoms with E-state index in [1.54, 1.807) is 28.9 Å². The molecule has 0 saturated carbocycles. The van der Waals surface area contributed by atoms with Crippen molar-refractivity contribution >= 4 is 33.6 Å². The van der Waals surface area contributed by atoms with E-state index < -0.39 is 0 Å². The number of nitrogens with zero attached hydrogens (tertiary/aromatic N) is 1. The fraction of sp³-hybridized carbons (Fsp3) is 0.545. The second-order valence-electron chi connectivity index (χ2n) is 3.78. The van der Waals surface area contributed by atoms with Crippen LogP contribution in [0.3, 0.4) is 0 Å². The van der Waals surface area contributed by atoms with E-state index in [2.05, 4.69) is 34.1 Å². The first kappa shape index (κ1) is 13.6. The molecule has 0 bridgehead atoms. The Morgan fingerprint density at radius 3 is 2.88 bits per heavy atom. The van der Waals surface area contributed by atoms with E-state index in [1.165, 1.54) is 0 Å². The van der Waals surface area contributed by atoms with Crippen molar-refractivity contribution in [1.29, 1.82) is 0 Å². The van der Waals surface area contributed by atoms with Gasteiger partial charge in [0.05, 0.1) is 0 Å². The Morgan fingerprint density at radius 2 is 2.38 bits per heavy atom. The van der Waals surface area contributed by atoms with E-state index in [0.717, 1.165) is 16.6 Å². The number of carbonyl (C=O) groups excluding carboxylic acids is 1. The first-order chi connectivity index (χ1) is 7.56. The van der Waals surface area contributed by atoms with E-state index in [4.69, 9.17) is 0 Å². The number of nitrogens with one attached hydrogen (secondary N) is 1. The monoisotopic (exact) mass is 304 g/mol. The molecule has 1 amide bonds. The predicted octanol–water partition coefficient (Wildman–Crippen LogP) is 2.99. The van der Waals surface area contributed by atoms with Crippen molar-refractivity contribution in [2.75, 3.05) is 19.1 Å². The lowest BCUT2D eigenvalue weighted by molar-refractivity contribution is 0.0736. The van der Waals surface area contributed by atoms with Crippen molar-refractivity contribution < 1.29 is 4.79 Å². The maximum absolute atomic E-state index is 12.0. The number of aromatic nitrogens is 1. The maximum atomic E-state index is 12.0. The van der Waals surface area contributed by atoms with Gasteiger partial charge in [0.2, 0.25) is 0 Å². The molecule has 1 unspecified atom stereocenters. The van der Waals surface area contributed by atoms with Gasteiger partial charge >= 0.3 is 0 Å². The lowest BCUT2D eigenvalue weighted by atomic mass is 10.2. The number of amides is 1. The average molecular weight is 305 g/mol. The van der Waals surface area contributed by atoms with E-state index >= 15 is 0 Å². The van der Waals surface area contributed by atoms with Gasteiger partial charge in [-0.2, -0.15) is 11.8 Å². The third kappa shape index (κ3) is 3.56. The molecule has 3 nitrogen and oxygen atoms in total. The minimum absolute atomic E-state index is 0.0410. The topological polar surface area (TPSA) is 36.1 Å². The maximum Gasteiger partial charge on any atom is 0.270 e. The molecule has 1 N–H and O–H groups in total. The summed E-state index contributed by atoms with van der Waals surface area (Å²) in [6.07, 6.45) is 4.87. The van der Waals surface area contributed by atoms with Gasteiger partial charge in [-0.15, -0.1) is 0 Å². The standard InChI is InChI=1S/C11H17BrN2OS/c1-8(4-5-16-3)14(2)11(15)10-6-9(12)7-13-10/h6-8,13H,4-5H2,1-3H3. The first-order valence-electron chi connectivity index (χ1n) is 5.16. The van der Waals surface area contributed by atoms with Crippen LogP contribution in [0.25, 0.3) is 0 Å². The molecule has 1 heterocycles. The third-order valence-electron chi connectivity index (χ3n) is 2.60. The van der Waals surface area contributed by atoms with Crippen LogP contribution in [0.5, 0.6) is 0 Å². The molecule has 1 aromatic heterocycles. The highest BCUT2D eigenvalue weighted by Crippen LogP contribution is 2.14. The summed E-state index contributed by atoms with van der Waals surface area (Å²) in [6.45, 7) is 2.08. The van der Waals surface area contributed by atoms with Crippen LogP contribution < -0.4 is 0 Å². The molecule has 0 fully saturated rings. The quantitative estimate of drug-likeness (QED) is 0.908. The molecular formula is C11H17BrN2OS. The van der Waals surface area contributed by atoms with Crippen molar-refractivity contribution in [3.63, 3.8) is 0 Å². The van der Waals surface area contributed by atoms with Crippen LogP contribution in [0.4, 0.5) is 0 Å². The Morgan fingerprint density at radius 1 is 1.69 bits per heavy atom. The molecule has 90 valence electrons. The van der Waals surface area contributed by atoms with E-state index in [1.807, 2.05) is 7.05 Å². The zero-order chi connectivity index (χ0) is 12.1. The number of carbonyl (C=O) groups is 1. The van der Waals surface area contributed by atoms with Crippen molar-refractivity contribution in [2.45, 2.75) is 19.4 Å². The lowest BCUT2D eigenvalue weighted by Gasteiger charge is -2.24. The number of H-pyrrole nitrogens is 1. The zero-order valence-corrected chi connectivity index (χ0v) is 12.2. The molecule has 1 rings (SSSR count). The number of hydrogen-bond acceptors (Lipinski definition) is 2. The van der Waals surface area contributed by atoms with Crippen LogP contribution in [0.1, 0.15) is 23.8 Å². The van der Waals surface area contributed by atoms with E-state index in [0.29, 0.717) is 5.69 Å². The summed E-state index contributed by atoms with van der Waals surface area (Å²) in [4.78, 5) is 16.8. The molecule has 0 aliphatic carbocycles. The van der Waals surface area contributed by atoms with Crippen LogP contribution in [0.2, 0.25) is 0 Å². The molecule has 0 aliphatic heterocycles. The van der Waals surface area contributed by atoms with Crippen molar-refractivity contribution in [3.05, 3.63) is 22.4 Å². The zero-order valence-electron chi connectivity index (χ0n) is 9.79. The summed E-state index contributed by atoms with van der Waals surface area (Å²) in [6, 6.07) is 2.07. The normalized spacial score (nSPS) is 12.5. The average Bonchev–Trinajstić information content (AvgIpc) is 2.70. The second kappa shape index (κ2) is 6.35. The summed E-state index contributed by atoms with van der Waals surface area (Å²) in [5, 5.41) is 0. The number of thioether (sulfide) groups is 1. The van der Waals surface area contributed by atoms with Gasteiger partial charge in [-0.05, 0) is 47.3 Å². The van der Waals surface area contributed by atoms with Crippen molar-refractivity contribution in [2.24, 2.45) is 0 Å². The highest BCUT2D eigenvalue weighted by molar-refractivity contribution is 9.10. The van der Waals surface area contributed by atoms with Crippen molar-refractivity contribution in [1.82, 2.24) is 9.88 Å². The van der Waals surface area contributed by atoms with Gasteiger partial charge in [0.25, 0.3) is 5.91 Å². The van der Waals surface area contributed by atoms with Crippen molar-refractivity contribution in [3.8, 4) is 0 Å². The summed E-state index contributed by atoms with van der Waals surface area (Å²) in [5.41, 5.74) is 0.630. The van der Waals surface area contributed by atoms with Gasteiger partial charge in [0, 0.05) is 23.8 Å². The largest absolute Gasteiger partial charge is 0.356 e. The molecule has 1 atom stereocenters. The Kier molecular flexibility index (Phi) is 5.41. The van der Waals surface area contributed by atoms with Crippen LogP contribution in [-0.2, 0) is 0 Å². The van der Waals surface area contributed by atoms with E-state index in [9.17, 15) is 4.79 Å². The summed E-state index contributed by atoms with van der Waals surface area (Å²) in [5.74, 6) is 1.12. The fourth-order valence-corrected chi connectivity index (χ4v) is 2.28. The lowest BCUT2D eigenvalue weighted by Crippen LogP contribution is -2.35. The molecule has 5 heteroatoms. The van der Waals surface area contributed by atoms with Gasteiger partial charge in [-0.1, -0.05) is 0 Å². The molecule has 0 aromatic carbocycles. The number of halogens is 1. The number of aromatic amines is 1. The molecule has 0 radical (unpaired) electrons. The van der Waals surface area contributed by atoms with Gasteiger partial charge in [-0.25, -0.2) is 0 Å². The minimum atomic E-state index is 0.0410. The Hall–Kier alpha value is -0.420. The fourth-order valence-electron chi connectivity index (χ4n) is 1.36. The van der Waals surface area contributed by atoms with Gasteiger partial charge in [-0.3, -0.25) is 4.79 Å². The molecule has 0 aliphatic rings. The SMILES string of the molecule is CSCCC(C)N(C)C(=O)c1cc(Br)c[nH]1. The van der Waals surface area contributed by atoms with Crippen LogP contribution in [0.15, 0.2) is 16.7 Å². The van der Waals surface area contributed by atoms with Gasteiger partial charge in [0.1, 0.15) is 5.69 Å². The highest BCUT2D eigenvalue weighted by atomic mass is 79.9. The number of rotatable bonds is 5. The smallest absolute Gasteiger partial charge is 0.270 e. The minimum Gasteiger partial charge on any atom is -0.356 e. The van der Waals surface area contributed by atoms with Crippen LogP contribution in [-0.4, -0.2) is 40.9 Å². The Bertz CT molecular complexity index is 354. The second-order valence-corrected chi connectivity index (χ2v) is 5.68. The molecule has 0 spiro atoms. The third-order valence-corrected chi connectivity index (χ3v) is 3.70. The Balaban J connectivity index is 2.59. The van der Waals surface area contributed by atoms with Gasteiger partial charge < -0.3 is 9.88 Å². The molecule has 16 heavy (non-hydrogen) atoms. The predicted molar refractivity (Wildman–Crippen MR) is 73.0 cm³/mol. The van der Waals surface area contributed by atoms with Crippen LogP contribution in [0, 0.1) is 0 Å². The number of hydrogen-bond donors (Lipinski definition) is 1. The molecule has 0 saturated heterocycles. The molecule has 1 aromatic rings. The highest BCUT2D eigenvalue weighted by Gasteiger charge is 2.18. The summed E-state index contributed by atoms with van der Waals surface area (Å²) >= 11 is 5.13. The summed E-state index contributed by atoms with van der Waals surface area (Å²) < 4.78 is 0.904. The van der Waals surface area contributed by atoms with Crippen LogP contribution >= 0.6 is 27.7 Å². The van der Waals surface area contributed by atoms with E-state index in [-0.39, 0.29) is 11.9 Å². The van der Waals surface area contributed by atoms with Gasteiger partial charge in [0.15, 0.2) is 0 Å².